The van der Waals surface area contributed by atoms with E-state index in [1.807, 2.05) is 12.1 Å². The first kappa shape index (κ1) is 21.4. The Morgan fingerprint density at radius 3 is 2.45 bits per heavy atom. The van der Waals surface area contributed by atoms with Gasteiger partial charge in [-0.3, -0.25) is 9.59 Å². The van der Waals surface area contributed by atoms with E-state index in [1.165, 1.54) is 16.2 Å². The third kappa shape index (κ3) is 4.75. The fourth-order valence-electron chi connectivity index (χ4n) is 3.78. The highest BCUT2D eigenvalue weighted by molar-refractivity contribution is 7.17. The van der Waals surface area contributed by atoms with Gasteiger partial charge >= 0.3 is 0 Å². The maximum Gasteiger partial charge on any atom is 0.259 e. The van der Waals surface area contributed by atoms with Crippen LogP contribution in [-0.2, 0) is 12.8 Å². The summed E-state index contributed by atoms with van der Waals surface area (Å²) in [5, 5.41) is 7.08. The molecule has 5 nitrogen and oxygen atoms in total. The maximum atomic E-state index is 13.4. The summed E-state index contributed by atoms with van der Waals surface area (Å²) in [5.74, 6) is 0.0821. The van der Waals surface area contributed by atoms with Crippen molar-refractivity contribution in [3.63, 3.8) is 0 Å². The van der Waals surface area contributed by atoms with Crippen molar-refractivity contribution in [3.8, 4) is 5.75 Å². The minimum absolute atomic E-state index is 0.240. The second kappa shape index (κ2) is 9.54. The van der Waals surface area contributed by atoms with Crippen LogP contribution in [0.15, 0.2) is 48.5 Å². The lowest BCUT2D eigenvalue weighted by atomic mass is 10.0. The molecule has 0 atom stereocenters. The predicted molar refractivity (Wildman–Crippen MR) is 126 cm³/mol. The van der Waals surface area contributed by atoms with Crippen molar-refractivity contribution in [2.45, 2.75) is 32.1 Å². The highest BCUT2D eigenvalue weighted by Crippen LogP contribution is 2.38. The van der Waals surface area contributed by atoms with Crippen molar-refractivity contribution in [2.24, 2.45) is 0 Å². The topological polar surface area (TPSA) is 67.4 Å². The molecule has 2 aromatic carbocycles. The monoisotopic (exact) mass is 454 g/mol. The number of thiophene rings is 1. The van der Waals surface area contributed by atoms with Gasteiger partial charge < -0.3 is 15.4 Å². The molecular weight excluding hydrogens is 432 g/mol. The van der Waals surface area contributed by atoms with Crippen LogP contribution in [0.5, 0.6) is 5.75 Å². The molecule has 1 aliphatic carbocycles. The number of anilines is 2. The van der Waals surface area contributed by atoms with Crippen LogP contribution in [0.3, 0.4) is 0 Å². The number of fused-ring (bicyclic) bond motifs is 1. The van der Waals surface area contributed by atoms with Gasteiger partial charge in [0.05, 0.1) is 18.4 Å². The number of nitrogens with one attached hydrogen (secondary N) is 2. The van der Waals surface area contributed by atoms with E-state index in [0.717, 1.165) is 37.7 Å². The van der Waals surface area contributed by atoms with E-state index in [2.05, 4.69) is 10.6 Å². The molecule has 2 N–H and O–H groups in total. The molecule has 0 aliphatic heterocycles. The number of para-hydroxylation sites is 2. The largest absolute Gasteiger partial charge is 0.495 e. The quantitative estimate of drug-likeness (QED) is 0.452. The van der Waals surface area contributed by atoms with Crippen LogP contribution in [0.2, 0.25) is 5.02 Å². The average molecular weight is 455 g/mol. The Kier molecular flexibility index (Phi) is 6.59. The maximum absolute atomic E-state index is 13.4. The van der Waals surface area contributed by atoms with Crippen LogP contribution >= 0.6 is 22.9 Å². The van der Waals surface area contributed by atoms with Crippen molar-refractivity contribution in [1.82, 2.24) is 0 Å². The van der Waals surface area contributed by atoms with Crippen molar-refractivity contribution in [2.75, 3.05) is 17.7 Å². The van der Waals surface area contributed by atoms with E-state index in [4.69, 9.17) is 16.3 Å². The van der Waals surface area contributed by atoms with Crippen LogP contribution in [-0.4, -0.2) is 18.9 Å². The standard InChI is InChI=1S/C24H23ClN2O3S/c1-30-19-9-6-5-8-18(19)26-23(29)21-17-7-3-2-4-10-20(17)31-24(21)27-22(28)15-11-13-16(25)14-12-15/h5-6,8-9,11-14H,2-4,7,10H2,1H3,(H,26,29)(H,27,28). The lowest BCUT2D eigenvalue weighted by Crippen LogP contribution is -2.18. The minimum atomic E-state index is -0.264. The van der Waals surface area contributed by atoms with Gasteiger partial charge in [-0.15, -0.1) is 11.3 Å². The fraction of sp³-hybridized carbons (Fsp3) is 0.250. The first-order chi connectivity index (χ1) is 15.1. The number of halogens is 1. The van der Waals surface area contributed by atoms with E-state index in [9.17, 15) is 9.59 Å². The van der Waals surface area contributed by atoms with E-state index in [-0.39, 0.29) is 11.8 Å². The molecule has 0 saturated heterocycles. The Morgan fingerprint density at radius 2 is 1.68 bits per heavy atom. The molecule has 7 heteroatoms. The summed E-state index contributed by atoms with van der Waals surface area (Å²) in [6.07, 6.45) is 5.01. The number of amides is 2. The summed E-state index contributed by atoms with van der Waals surface area (Å²) in [4.78, 5) is 27.4. The third-order valence-electron chi connectivity index (χ3n) is 5.34. The van der Waals surface area contributed by atoms with Crippen LogP contribution in [0.1, 0.15) is 50.4 Å². The summed E-state index contributed by atoms with van der Waals surface area (Å²) >= 11 is 7.44. The number of carbonyl (C=O) groups is 2. The zero-order valence-electron chi connectivity index (χ0n) is 17.2. The van der Waals surface area contributed by atoms with E-state index in [0.29, 0.717) is 32.6 Å². The van der Waals surface area contributed by atoms with Gasteiger partial charge in [0, 0.05) is 15.5 Å². The van der Waals surface area contributed by atoms with Crippen LogP contribution in [0.25, 0.3) is 0 Å². The van der Waals surface area contributed by atoms with E-state index >= 15 is 0 Å². The number of methoxy groups -OCH3 is 1. The zero-order chi connectivity index (χ0) is 21.8. The number of benzene rings is 2. The summed E-state index contributed by atoms with van der Waals surface area (Å²) in [7, 11) is 1.57. The molecule has 160 valence electrons. The number of ether oxygens (including phenoxy) is 1. The van der Waals surface area contributed by atoms with Gasteiger partial charge in [-0.05, 0) is 67.6 Å². The van der Waals surface area contributed by atoms with Gasteiger partial charge in [0.15, 0.2) is 0 Å². The van der Waals surface area contributed by atoms with Crippen molar-refractivity contribution >= 4 is 45.4 Å². The van der Waals surface area contributed by atoms with Gasteiger partial charge in [0.2, 0.25) is 0 Å². The fourth-order valence-corrected chi connectivity index (χ4v) is 5.19. The Hall–Kier alpha value is -2.83. The number of rotatable bonds is 5. The van der Waals surface area contributed by atoms with E-state index < -0.39 is 0 Å². The Labute approximate surface area is 190 Å². The Morgan fingerprint density at radius 1 is 0.935 bits per heavy atom. The minimum Gasteiger partial charge on any atom is -0.495 e. The molecule has 1 heterocycles. The lowest BCUT2D eigenvalue weighted by Gasteiger charge is -2.12. The third-order valence-corrected chi connectivity index (χ3v) is 6.80. The molecule has 31 heavy (non-hydrogen) atoms. The summed E-state index contributed by atoms with van der Waals surface area (Å²) in [5.41, 5.74) is 2.68. The average Bonchev–Trinajstić information content (AvgIpc) is 2.95. The smallest absolute Gasteiger partial charge is 0.259 e. The summed E-state index contributed by atoms with van der Waals surface area (Å²) in [6, 6.07) is 14.0. The van der Waals surface area contributed by atoms with Gasteiger partial charge in [0.1, 0.15) is 10.8 Å². The molecule has 3 aromatic rings. The number of carbonyl (C=O) groups excluding carboxylic acids is 2. The molecular formula is C24H23ClN2O3S. The first-order valence-electron chi connectivity index (χ1n) is 10.2. The summed E-state index contributed by atoms with van der Waals surface area (Å²) in [6.45, 7) is 0. The van der Waals surface area contributed by atoms with Crippen molar-refractivity contribution in [3.05, 3.63) is 75.1 Å². The second-order valence-electron chi connectivity index (χ2n) is 7.38. The van der Waals surface area contributed by atoms with Crippen LogP contribution in [0, 0.1) is 0 Å². The van der Waals surface area contributed by atoms with Crippen LogP contribution in [0.4, 0.5) is 10.7 Å². The van der Waals surface area contributed by atoms with Gasteiger partial charge in [-0.1, -0.05) is 30.2 Å². The molecule has 1 aromatic heterocycles. The second-order valence-corrected chi connectivity index (χ2v) is 8.93. The first-order valence-corrected chi connectivity index (χ1v) is 11.4. The molecule has 0 radical (unpaired) electrons. The molecule has 2 amide bonds. The zero-order valence-corrected chi connectivity index (χ0v) is 18.7. The molecule has 0 fully saturated rings. The molecule has 0 spiro atoms. The van der Waals surface area contributed by atoms with Crippen LogP contribution < -0.4 is 15.4 Å². The highest BCUT2D eigenvalue weighted by atomic mass is 35.5. The van der Waals surface area contributed by atoms with Crippen molar-refractivity contribution < 1.29 is 14.3 Å². The molecule has 0 unspecified atom stereocenters. The van der Waals surface area contributed by atoms with E-state index in [1.54, 1.807) is 43.5 Å². The number of hydrogen-bond donors (Lipinski definition) is 2. The molecule has 1 aliphatic rings. The molecule has 4 rings (SSSR count). The van der Waals surface area contributed by atoms with Gasteiger partial charge in [-0.25, -0.2) is 0 Å². The Balaban J connectivity index is 1.68. The normalized spacial score (nSPS) is 13.1. The number of aryl methyl sites for hydroxylation is 1. The highest BCUT2D eigenvalue weighted by Gasteiger charge is 2.26. The van der Waals surface area contributed by atoms with Crippen molar-refractivity contribution in [1.29, 1.82) is 0 Å². The Bertz CT molecular complexity index is 1110. The SMILES string of the molecule is COc1ccccc1NC(=O)c1c(NC(=O)c2ccc(Cl)cc2)sc2c1CCCCC2. The summed E-state index contributed by atoms with van der Waals surface area (Å²) < 4.78 is 5.37. The lowest BCUT2D eigenvalue weighted by molar-refractivity contribution is 0.102. The van der Waals surface area contributed by atoms with Gasteiger partial charge in [-0.2, -0.15) is 0 Å². The molecule has 0 bridgehead atoms. The molecule has 0 saturated carbocycles. The predicted octanol–water partition coefficient (Wildman–Crippen LogP) is 6.18. The van der Waals surface area contributed by atoms with Gasteiger partial charge in [0.25, 0.3) is 11.8 Å². The number of hydrogen-bond acceptors (Lipinski definition) is 4.